The van der Waals surface area contributed by atoms with Crippen molar-refractivity contribution in [3.63, 3.8) is 0 Å². The molecule has 0 fully saturated rings. The standard InChI is InChI=1S/C16H11NO2S2/c18-16(19)10-3-1-9(2-4-10)15-17-14-11-7-8-20-12(11)5-6-13(14)21-15/h1-4,7-8H,5-6H2,(H,18,19). The first-order valence-electron chi connectivity index (χ1n) is 6.62. The molecular formula is C16H11NO2S2. The second-order valence-electron chi connectivity index (χ2n) is 4.93. The fraction of sp³-hybridized carbons (Fsp3) is 0.125. The number of fused-ring (bicyclic) bond motifs is 3. The van der Waals surface area contributed by atoms with Gasteiger partial charge in [-0.1, -0.05) is 12.1 Å². The Labute approximate surface area is 129 Å². The van der Waals surface area contributed by atoms with Gasteiger partial charge >= 0.3 is 5.97 Å². The van der Waals surface area contributed by atoms with Gasteiger partial charge < -0.3 is 5.11 Å². The lowest BCUT2D eigenvalue weighted by Gasteiger charge is -2.09. The lowest BCUT2D eigenvalue weighted by Crippen LogP contribution is -1.97. The average Bonchev–Trinajstić information content (AvgIpc) is 3.12. The molecule has 2 heterocycles. The predicted octanol–water partition coefficient (Wildman–Crippen LogP) is 4.34. The van der Waals surface area contributed by atoms with Gasteiger partial charge in [0.25, 0.3) is 0 Å². The van der Waals surface area contributed by atoms with Gasteiger partial charge in [0, 0.05) is 20.9 Å². The number of nitrogens with zero attached hydrogens (tertiary/aromatic N) is 1. The topological polar surface area (TPSA) is 50.2 Å². The van der Waals surface area contributed by atoms with E-state index in [0.717, 1.165) is 29.1 Å². The van der Waals surface area contributed by atoms with Crippen molar-refractivity contribution in [3.05, 3.63) is 51.0 Å². The van der Waals surface area contributed by atoms with Crippen LogP contribution in [0.5, 0.6) is 0 Å². The van der Waals surface area contributed by atoms with E-state index >= 15 is 0 Å². The van der Waals surface area contributed by atoms with Crippen LogP contribution < -0.4 is 0 Å². The number of aromatic carboxylic acids is 1. The number of carbonyl (C=O) groups is 1. The molecule has 3 aromatic rings. The summed E-state index contributed by atoms with van der Waals surface area (Å²) in [6.45, 7) is 0. The Morgan fingerprint density at radius 3 is 2.62 bits per heavy atom. The zero-order chi connectivity index (χ0) is 14.4. The highest BCUT2D eigenvalue weighted by molar-refractivity contribution is 7.15. The summed E-state index contributed by atoms with van der Waals surface area (Å²) in [7, 11) is 0. The molecule has 0 aliphatic heterocycles. The molecule has 0 atom stereocenters. The first kappa shape index (κ1) is 12.7. The third-order valence-electron chi connectivity index (χ3n) is 3.66. The summed E-state index contributed by atoms with van der Waals surface area (Å²) in [5, 5.41) is 12.0. The van der Waals surface area contributed by atoms with Crippen LogP contribution in [0.15, 0.2) is 35.7 Å². The highest BCUT2D eigenvalue weighted by Gasteiger charge is 2.22. The van der Waals surface area contributed by atoms with Crippen LogP contribution in [-0.2, 0) is 12.8 Å². The molecule has 5 heteroatoms. The minimum absolute atomic E-state index is 0.306. The fourth-order valence-electron chi connectivity index (χ4n) is 2.58. The second-order valence-corrected chi connectivity index (χ2v) is 7.02. The van der Waals surface area contributed by atoms with E-state index in [1.165, 1.54) is 15.3 Å². The van der Waals surface area contributed by atoms with Crippen LogP contribution in [0.4, 0.5) is 0 Å². The summed E-state index contributed by atoms with van der Waals surface area (Å²) in [5.41, 5.74) is 3.67. The Kier molecular flexibility index (Phi) is 2.90. The van der Waals surface area contributed by atoms with Gasteiger partial charge in [0.1, 0.15) is 5.01 Å². The monoisotopic (exact) mass is 313 g/mol. The predicted molar refractivity (Wildman–Crippen MR) is 85.2 cm³/mol. The van der Waals surface area contributed by atoms with Crippen molar-refractivity contribution in [2.24, 2.45) is 0 Å². The Balaban J connectivity index is 1.77. The van der Waals surface area contributed by atoms with E-state index < -0.39 is 5.97 Å². The van der Waals surface area contributed by atoms with E-state index in [1.807, 2.05) is 12.1 Å². The van der Waals surface area contributed by atoms with Crippen molar-refractivity contribution in [2.75, 3.05) is 0 Å². The van der Waals surface area contributed by atoms with Crippen LogP contribution in [0.1, 0.15) is 20.1 Å². The number of carboxylic acid groups (broad SMARTS) is 1. The zero-order valence-corrected chi connectivity index (χ0v) is 12.6. The van der Waals surface area contributed by atoms with Gasteiger partial charge in [-0.15, -0.1) is 22.7 Å². The minimum atomic E-state index is -0.900. The number of aryl methyl sites for hydroxylation is 2. The van der Waals surface area contributed by atoms with E-state index in [9.17, 15) is 4.79 Å². The van der Waals surface area contributed by atoms with Crippen LogP contribution in [-0.4, -0.2) is 16.1 Å². The minimum Gasteiger partial charge on any atom is -0.478 e. The maximum atomic E-state index is 10.9. The summed E-state index contributed by atoms with van der Waals surface area (Å²) in [4.78, 5) is 18.4. The SMILES string of the molecule is O=C(O)c1ccc(-c2nc3c(s2)CCc2sccc2-3)cc1. The molecule has 0 bridgehead atoms. The molecule has 2 aromatic heterocycles. The molecule has 0 spiro atoms. The lowest BCUT2D eigenvalue weighted by atomic mass is 10.0. The molecule has 1 aromatic carbocycles. The van der Waals surface area contributed by atoms with Gasteiger partial charge in [-0.3, -0.25) is 0 Å². The third-order valence-corrected chi connectivity index (χ3v) is 5.80. The molecule has 21 heavy (non-hydrogen) atoms. The van der Waals surface area contributed by atoms with Gasteiger partial charge in [-0.2, -0.15) is 0 Å². The summed E-state index contributed by atoms with van der Waals surface area (Å²) in [6.07, 6.45) is 2.15. The second kappa shape index (κ2) is 4.79. The maximum Gasteiger partial charge on any atom is 0.335 e. The van der Waals surface area contributed by atoms with Crippen molar-refractivity contribution >= 4 is 28.6 Å². The van der Waals surface area contributed by atoms with E-state index in [4.69, 9.17) is 10.1 Å². The summed E-state index contributed by atoms with van der Waals surface area (Å²) >= 11 is 3.51. The van der Waals surface area contributed by atoms with Crippen LogP contribution >= 0.6 is 22.7 Å². The molecule has 3 nitrogen and oxygen atoms in total. The quantitative estimate of drug-likeness (QED) is 0.766. The molecule has 4 rings (SSSR count). The molecule has 0 unspecified atom stereocenters. The number of carboxylic acids is 1. The first-order chi connectivity index (χ1) is 10.2. The fourth-order valence-corrected chi connectivity index (χ4v) is 4.54. The third kappa shape index (κ3) is 2.09. The van der Waals surface area contributed by atoms with E-state index in [-0.39, 0.29) is 0 Å². The van der Waals surface area contributed by atoms with Crippen LogP contribution in [0, 0.1) is 0 Å². The zero-order valence-electron chi connectivity index (χ0n) is 11.0. The number of thiophene rings is 1. The van der Waals surface area contributed by atoms with Crippen molar-refractivity contribution in [1.82, 2.24) is 4.98 Å². The molecule has 0 saturated carbocycles. The van der Waals surface area contributed by atoms with E-state index in [0.29, 0.717) is 5.56 Å². The maximum absolute atomic E-state index is 10.9. The average molecular weight is 313 g/mol. The number of benzene rings is 1. The van der Waals surface area contributed by atoms with Gasteiger partial charge in [0.15, 0.2) is 0 Å². The van der Waals surface area contributed by atoms with Crippen molar-refractivity contribution in [2.45, 2.75) is 12.8 Å². The molecule has 0 amide bonds. The molecule has 0 radical (unpaired) electrons. The highest BCUT2D eigenvalue weighted by Crippen LogP contribution is 2.41. The van der Waals surface area contributed by atoms with Gasteiger partial charge in [0.05, 0.1) is 11.3 Å². The van der Waals surface area contributed by atoms with Gasteiger partial charge in [-0.25, -0.2) is 9.78 Å². The molecular weight excluding hydrogens is 302 g/mol. The molecule has 0 saturated heterocycles. The van der Waals surface area contributed by atoms with Crippen molar-refractivity contribution in [3.8, 4) is 21.8 Å². The summed E-state index contributed by atoms with van der Waals surface area (Å²) < 4.78 is 0. The van der Waals surface area contributed by atoms with Crippen molar-refractivity contribution in [1.29, 1.82) is 0 Å². The number of hydrogen-bond acceptors (Lipinski definition) is 4. The smallest absolute Gasteiger partial charge is 0.335 e. The number of thiazole rings is 1. The van der Waals surface area contributed by atoms with Gasteiger partial charge in [-0.05, 0) is 36.4 Å². The van der Waals surface area contributed by atoms with Gasteiger partial charge in [0.2, 0.25) is 0 Å². The van der Waals surface area contributed by atoms with Crippen LogP contribution in [0.2, 0.25) is 0 Å². The Bertz CT molecular complexity index is 830. The first-order valence-corrected chi connectivity index (χ1v) is 8.32. The molecule has 1 aliphatic carbocycles. The number of hydrogen-bond donors (Lipinski definition) is 1. The number of aromatic nitrogens is 1. The molecule has 1 aliphatic rings. The van der Waals surface area contributed by atoms with E-state index in [2.05, 4.69) is 11.4 Å². The molecule has 104 valence electrons. The van der Waals surface area contributed by atoms with Crippen molar-refractivity contribution < 1.29 is 9.90 Å². The summed E-state index contributed by atoms with van der Waals surface area (Å²) in [6, 6.07) is 9.09. The van der Waals surface area contributed by atoms with Crippen LogP contribution in [0.3, 0.4) is 0 Å². The van der Waals surface area contributed by atoms with Crippen LogP contribution in [0.25, 0.3) is 21.8 Å². The number of rotatable bonds is 2. The normalized spacial score (nSPS) is 12.8. The lowest BCUT2D eigenvalue weighted by molar-refractivity contribution is 0.0697. The Hall–Kier alpha value is -1.98. The van der Waals surface area contributed by atoms with E-state index in [1.54, 1.807) is 34.8 Å². The largest absolute Gasteiger partial charge is 0.478 e. The highest BCUT2D eigenvalue weighted by atomic mass is 32.1. The summed E-state index contributed by atoms with van der Waals surface area (Å²) in [5.74, 6) is -0.900. The molecule has 1 N–H and O–H groups in total. The Morgan fingerprint density at radius 2 is 1.86 bits per heavy atom. The Morgan fingerprint density at radius 1 is 1.10 bits per heavy atom.